The normalized spacial score (nSPS) is 27.3. The zero-order valence-electron chi connectivity index (χ0n) is 24.8. The van der Waals surface area contributed by atoms with Crippen molar-refractivity contribution in [1.82, 2.24) is 0 Å². The molecule has 8 nitrogen and oxygen atoms in total. The predicted molar refractivity (Wildman–Crippen MR) is 168 cm³/mol. The fourth-order valence-electron chi connectivity index (χ4n) is 4.91. The molecular weight excluding hydrogens is 647 g/mol. The predicted octanol–water partition coefficient (Wildman–Crippen LogP) is 6.16. The summed E-state index contributed by atoms with van der Waals surface area (Å²) in [5, 5.41) is 17.2. The molecule has 2 N–H and O–H groups in total. The molecule has 0 aromatic rings. The molecule has 0 amide bonds. The van der Waals surface area contributed by atoms with Crippen molar-refractivity contribution in [2.24, 2.45) is 35.5 Å². The van der Waals surface area contributed by atoms with E-state index in [1.807, 2.05) is 12.2 Å². The summed E-state index contributed by atoms with van der Waals surface area (Å²) in [5.74, 6) is 1.73. The summed E-state index contributed by atoms with van der Waals surface area (Å²) in [4.78, 5) is 20.1. The molecule has 3 rings (SSSR count). The van der Waals surface area contributed by atoms with Gasteiger partial charge >= 0.3 is 45.3 Å². The number of carbonyl (C=O) groups is 2. The molecular formula is C32H48Cl2CuO8. The molecule has 0 aromatic carbocycles. The second-order valence-electron chi connectivity index (χ2n) is 10.4. The number of hydrogen-bond donors (Lipinski definition) is 2. The number of rotatable bonds is 16. The van der Waals surface area contributed by atoms with E-state index in [9.17, 15) is 14.7 Å². The van der Waals surface area contributed by atoms with Gasteiger partial charge in [-0.1, -0.05) is 37.5 Å². The number of carbonyl (C=O) groups excluding carboxylic acids is 1. The van der Waals surface area contributed by atoms with Crippen LogP contribution in [0.1, 0.15) is 25.7 Å². The Labute approximate surface area is 272 Å². The molecule has 0 aromatic heterocycles. The number of aliphatic hydroxyl groups is 1. The van der Waals surface area contributed by atoms with E-state index in [2.05, 4.69) is 71.8 Å². The average Bonchev–Trinajstić information content (AvgIpc) is 3.61. The molecule has 11 heteroatoms. The summed E-state index contributed by atoms with van der Waals surface area (Å²) in [5.41, 5.74) is 0. The molecule has 3 aliphatic rings. The van der Waals surface area contributed by atoms with Crippen molar-refractivity contribution in [3.63, 3.8) is 0 Å². The Morgan fingerprint density at radius 3 is 1.65 bits per heavy atom. The Kier molecular flexibility index (Phi) is 24.6. The van der Waals surface area contributed by atoms with E-state index in [1.54, 1.807) is 0 Å². The standard InChI is InChI=1S/C16H24O4.C13H20O2.C3H4O2.2ClH.Cu/c1-4-12-7-13(5-2)14(8-12)9-19-10-15(17)11-20-16(18)6-3;1-3-10-5-11(4-2)12(6-10)7-14-8-13-9-15-13;1-2-3(4)5;;;/h4-6,12-15,17H,1-3,7-11H2;3-4,10-13H,1-2,5-9H2;2H,1H2,(H,4,5);2*1H;/q;;;;;+2/p-2. The Balaban J connectivity index is 0.000000670. The van der Waals surface area contributed by atoms with Gasteiger partial charge in [-0.2, -0.15) is 0 Å². The fourth-order valence-corrected chi connectivity index (χ4v) is 4.91. The first-order valence-corrected chi connectivity index (χ1v) is 16.6. The number of esters is 1. The van der Waals surface area contributed by atoms with Gasteiger partial charge in [0.2, 0.25) is 0 Å². The van der Waals surface area contributed by atoms with Gasteiger partial charge in [0.05, 0.1) is 33.0 Å². The van der Waals surface area contributed by atoms with Gasteiger partial charge in [-0.25, -0.2) is 9.59 Å². The molecule has 2 aliphatic carbocycles. The minimum atomic E-state index is -0.981. The van der Waals surface area contributed by atoms with E-state index in [0.29, 0.717) is 48.2 Å². The molecule has 8 atom stereocenters. The van der Waals surface area contributed by atoms with E-state index in [0.717, 1.165) is 57.9 Å². The molecule has 0 bridgehead atoms. The van der Waals surface area contributed by atoms with Crippen molar-refractivity contribution in [1.29, 1.82) is 0 Å². The summed E-state index contributed by atoms with van der Waals surface area (Å²) in [6.45, 7) is 24.9. The average molecular weight is 695 g/mol. The van der Waals surface area contributed by atoms with Crippen LogP contribution in [0.4, 0.5) is 0 Å². The topological polar surface area (TPSA) is 115 Å². The maximum atomic E-state index is 10.8. The number of aliphatic hydroxyl groups excluding tert-OH is 1. The van der Waals surface area contributed by atoms with Gasteiger partial charge in [-0.15, -0.1) is 26.3 Å². The summed E-state index contributed by atoms with van der Waals surface area (Å²) in [6.07, 6.45) is 14.1. The van der Waals surface area contributed by atoms with E-state index in [4.69, 9.17) is 24.1 Å². The van der Waals surface area contributed by atoms with Crippen LogP contribution in [0.15, 0.2) is 75.9 Å². The molecule has 249 valence electrons. The van der Waals surface area contributed by atoms with Crippen molar-refractivity contribution in [3.8, 4) is 0 Å². The van der Waals surface area contributed by atoms with Crippen molar-refractivity contribution in [3.05, 3.63) is 75.9 Å². The number of carboxylic acids is 1. The summed E-state index contributed by atoms with van der Waals surface area (Å²) in [6, 6.07) is 0. The molecule has 8 unspecified atom stereocenters. The number of allylic oxidation sites excluding steroid dienone is 4. The van der Waals surface area contributed by atoms with Crippen molar-refractivity contribution < 1.29 is 51.9 Å². The second kappa shape index (κ2) is 25.6. The number of epoxide rings is 1. The van der Waals surface area contributed by atoms with Crippen LogP contribution in [-0.2, 0) is 41.7 Å². The summed E-state index contributed by atoms with van der Waals surface area (Å²) >= 11 is 0.757. The third-order valence-electron chi connectivity index (χ3n) is 7.28. The van der Waals surface area contributed by atoms with E-state index >= 15 is 0 Å². The molecule has 43 heavy (non-hydrogen) atoms. The quantitative estimate of drug-likeness (QED) is 0.0650. The Morgan fingerprint density at radius 1 is 0.814 bits per heavy atom. The molecule has 1 saturated heterocycles. The van der Waals surface area contributed by atoms with Crippen molar-refractivity contribution in [2.75, 3.05) is 39.6 Å². The Hall–Kier alpha value is -1.68. The third kappa shape index (κ3) is 20.1. The van der Waals surface area contributed by atoms with Crippen LogP contribution in [0.5, 0.6) is 0 Å². The molecule has 3 fully saturated rings. The monoisotopic (exact) mass is 693 g/mol. The van der Waals surface area contributed by atoms with Gasteiger partial charge in [0.1, 0.15) is 18.8 Å². The van der Waals surface area contributed by atoms with Crippen LogP contribution in [0.2, 0.25) is 0 Å². The summed E-state index contributed by atoms with van der Waals surface area (Å²) in [7, 11) is 9.34. The van der Waals surface area contributed by atoms with Crippen LogP contribution >= 0.6 is 20.2 Å². The molecule has 0 radical (unpaired) electrons. The summed E-state index contributed by atoms with van der Waals surface area (Å²) < 4.78 is 21.0. The molecule has 1 heterocycles. The second-order valence-corrected chi connectivity index (χ2v) is 11.9. The van der Waals surface area contributed by atoms with Gasteiger partial charge in [-0.3, -0.25) is 0 Å². The maximum absolute atomic E-state index is 10.8. The number of carboxylic acid groups (broad SMARTS) is 1. The first-order chi connectivity index (χ1) is 20.6. The zero-order valence-corrected chi connectivity index (χ0v) is 27.3. The Bertz CT molecular complexity index is 866. The van der Waals surface area contributed by atoms with Crippen LogP contribution in [0.3, 0.4) is 0 Å². The molecule has 1 aliphatic heterocycles. The minimum absolute atomic E-state index is 0.0737. The van der Waals surface area contributed by atoms with E-state index in [-0.39, 0.29) is 13.2 Å². The van der Waals surface area contributed by atoms with Gasteiger partial charge in [0, 0.05) is 12.2 Å². The fraction of sp³-hybridized carbons (Fsp3) is 0.562. The van der Waals surface area contributed by atoms with Gasteiger partial charge in [-0.05, 0) is 61.2 Å². The molecule has 2 saturated carbocycles. The third-order valence-corrected chi connectivity index (χ3v) is 7.28. The van der Waals surface area contributed by atoms with Crippen LogP contribution in [-0.4, -0.2) is 74.0 Å². The van der Waals surface area contributed by atoms with Crippen molar-refractivity contribution in [2.45, 2.75) is 37.9 Å². The molecule has 0 spiro atoms. The van der Waals surface area contributed by atoms with Gasteiger partial charge in [0.15, 0.2) is 0 Å². The zero-order chi connectivity index (χ0) is 32.6. The van der Waals surface area contributed by atoms with E-state index in [1.165, 1.54) is 12.8 Å². The SMILES string of the molecule is C=CC(=O)O.C=CC(=O)OCC(O)COCC1CC(C=C)CC1C=C.C=CC1CC(C=C)C(COCC2CO2)C1.[Cl][Cu][Cl]. The first-order valence-electron chi connectivity index (χ1n) is 14.0. The number of aliphatic carboxylic acids is 1. The number of ether oxygens (including phenoxy) is 4. The number of hydrogen-bond acceptors (Lipinski definition) is 7. The first kappa shape index (κ1) is 41.3. The van der Waals surface area contributed by atoms with Crippen LogP contribution in [0, 0.1) is 35.5 Å². The van der Waals surface area contributed by atoms with Crippen molar-refractivity contribution >= 4 is 32.1 Å². The Morgan fingerprint density at radius 2 is 1.28 bits per heavy atom. The van der Waals surface area contributed by atoms with E-state index < -0.39 is 18.0 Å². The van der Waals surface area contributed by atoms with Gasteiger partial charge < -0.3 is 29.2 Å². The van der Waals surface area contributed by atoms with Crippen LogP contribution < -0.4 is 0 Å². The van der Waals surface area contributed by atoms with Gasteiger partial charge in [0.25, 0.3) is 0 Å². The number of halogens is 2. The van der Waals surface area contributed by atoms with Crippen LogP contribution in [0.25, 0.3) is 0 Å².